The van der Waals surface area contributed by atoms with Crippen molar-refractivity contribution in [2.24, 2.45) is 0 Å². The zero-order valence-corrected chi connectivity index (χ0v) is 17.0. The van der Waals surface area contributed by atoms with Crippen LogP contribution in [-0.4, -0.2) is 20.1 Å². The first-order valence-corrected chi connectivity index (χ1v) is 11.0. The number of hydrogen-bond acceptors (Lipinski definition) is 4. The first-order chi connectivity index (χ1) is 14.0. The van der Waals surface area contributed by atoms with Gasteiger partial charge in [0.25, 0.3) is 5.91 Å². The molecule has 0 atom stereocenters. The van der Waals surface area contributed by atoms with E-state index in [0.717, 1.165) is 16.9 Å². The van der Waals surface area contributed by atoms with Gasteiger partial charge in [0.1, 0.15) is 12.4 Å². The van der Waals surface area contributed by atoms with Crippen LogP contribution in [0.15, 0.2) is 83.8 Å². The fourth-order valence-corrected chi connectivity index (χ4v) is 3.89. The molecule has 0 heterocycles. The normalized spacial score (nSPS) is 11.1. The highest BCUT2D eigenvalue weighted by molar-refractivity contribution is 7.91. The average Bonchev–Trinajstić information content (AvgIpc) is 2.77. The van der Waals surface area contributed by atoms with E-state index in [-0.39, 0.29) is 16.2 Å². The number of para-hydroxylation sites is 1. The molecule has 0 spiro atoms. The van der Waals surface area contributed by atoms with Gasteiger partial charge in [-0.3, -0.25) is 4.79 Å². The largest absolute Gasteiger partial charge is 0.489 e. The second-order valence-corrected chi connectivity index (χ2v) is 8.75. The van der Waals surface area contributed by atoms with Gasteiger partial charge in [0.05, 0.1) is 16.2 Å². The Labute approximate surface area is 171 Å². The molecule has 0 radical (unpaired) electrons. The average molecular weight is 410 g/mol. The Morgan fingerprint density at radius 1 is 0.862 bits per heavy atom. The van der Waals surface area contributed by atoms with Gasteiger partial charge in [-0.15, -0.1) is 0 Å². The molecule has 29 heavy (non-hydrogen) atoms. The Balaban J connectivity index is 1.60. The van der Waals surface area contributed by atoms with Crippen LogP contribution in [0.1, 0.15) is 28.4 Å². The van der Waals surface area contributed by atoms with Gasteiger partial charge in [0.2, 0.25) is 0 Å². The van der Waals surface area contributed by atoms with Crippen molar-refractivity contribution < 1.29 is 17.9 Å². The van der Waals surface area contributed by atoms with Crippen molar-refractivity contribution in [2.75, 3.05) is 5.75 Å². The summed E-state index contributed by atoms with van der Waals surface area (Å²) < 4.78 is 30.1. The molecule has 3 aromatic rings. The number of nitrogens with one attached hydrogen (secondary N) is 1. The summed E-state index contributed by atoms with van der Waals surface area (Å²) >= 11 is 0. The number of sulfone groups is 1. The molecule has 150 valence electrons. The van der Waals surface area contributed by atoms with E-state index in [1.807, 2.05) is 54.6 Å². The van der Waals surface area contributed by atoms with Crippen molar-refractivity contribution in [3.05, 3.63) is 95.6 Å². The molecule has 6 heteroatoms. The maximum Gasteiger partial charge on any atom is 0.252 e. The van der Waals surface area contributed by atoms with Crippen molar-refractivity contribution in [3.63, 3.8) is 0 Å². The van der Waals surface area contributed by atoms with E-state index in [1.165, 1.54) is 12.1 Å². The van der Waals surface area contributed by atoms with Crippen LogP contribution < -0.4 is 10.1 Å². The summed E-state index contributed by atoms with van der Waals surface area (Å²) in [5.41, 5.74) is 2.10. The standard InChI is InChI=1S/C23H23NO4S/c1-2-29(26,27)22-11-7-6-10-21(22)23(25)24-16-18-12-14-19(15-13-18)17-28-20-8-4-3-5-9-20/h3-15H,2,16-17H2,1H3,(H,24,25). The molecule has 1 N–H and O–H groups in total. The summed E-state index contributed by atoms with van der Waals surface area (Å²) in [6.45, 7) is 2.32. The molecule has 0 fully saturated rings. The molecule has 5 nitrogen and oxygen atoms in total. The van der Waals surface area contributed by atoms with Gasteiger partial charge in [-0.05, 0) is 35.4 Å². The molecule has 0 aliphatic rings. The lowest BCUT2D eigenvalue weighted by molar-refractivity contribution is 0.0947. The van der Waals surface area contributed by atoms with E-state index in [1.54, 1.807) is 19.1 Å². The molecule has 0 saturated carbocycles. The minimum Gasteiger partial charge on any atom is -0.489 e. The summed E-state index contributed by atoms with van der Waals surface area (Å²) in [6.07, 6.45) is 0. The van der Waals surface area contributed by atoms with Crippen LogP contribution in [0.5, 0.6) is 5.75 Å². The second-order valence-electron chi connectivity index (χ2n) is 6.50. The Morgan fingerprint density at radius 2 is 1.48 bits per heavy atom. The van der Waals surface area contributed by atoms with Crippen molar-refractivity contribution in [2.45, 2.75) is 25.0 Å². The topological polar surface area (TPSA) is 72.5 Å². The molecule has 3 rings (SSSR count). The molecule has 0 aromatic heterocycles. The smallest absolute Gasteiger partial charge is 0.252 e. The van der Waals surface area contributed by atoms with Crippen molar-refractivity contribution in [1.29, 1.82) is 0 Å². The van der Waals surface area contributed by atoms with Crippen LogP contribution in [0.2, 0.25) is 0 Å². The maximum atomic E-state index is 12.5. The lowest BCUT2D eigenvalue weighted by atomic mass is 10.1. The number of amides is 1. The zero-order chi connectivity index (χ0) is 20.7. The highest BCUT2D eigenvalue weighted by atomic mass is 32.2. The van der Waals surface area contributed by atoms with Crippen molar-refractivity contribution in [3.8, 4) is 5.75 Å². The molecule has 1 amide bonds. The first kappa shape index (κ1) is 20.6. The maximum absolute atomic E-state index is 12.5. The SMILES string of the molecule is CCS(=O)(=O)c1ccccc1C(=O)NCc1ccc(COc2ccccc2)cc1. The third-order valence-electron chi connectivity index (χ3n) is 4.47. The van der Waals surface area contributed by atoms with E-state index in [2.05, 4.69) is 5.32 Å². The van der Waals surface area contributed by atoms with Crippen LogP contribution in [0.3, 0.4) is 0 Å². The Hall–Kier alpha value is -3.12. The van der Waals surface area contributed by atoms with Crippen LogP contribution in [-0.2, 0) is 23.0 Å². The van der Waals surface area contributed by atoms with Crippen LogP contribution >= 0.6 is 0 Å². The van der Waals surface area contributed by atoms with E-state index in [4.69, 9.17) is 4.74 Å². The number of carbonyl (C=O) groups excluding carboxylic acids is 1. The van der Waals surface area contributed by atoms with Gasteiger partial charge >= 0.3 is 0 Å². The summed E-state index contributed by atoms with van der Waals surface area (Å²) in [5.74, 6) is 0.350. The fourth-order valence-electron chi connectivity index (χ4n) is 2.80. The molecule has 0 bridgehead atoms. The lowest BCUT2D eigenvalue weighted by Crippen LogP contribution is -2.25. The third-order valence-corrected chi connectivity index (χ3v) is 6.26. The highest BCUT2D eigenvalue weighted by Gasteiger charge is 2.20. The Kier molecular flexibility index (Phi) is 6.67. The van der Waals surface area contributed by atoms with Crippen LogP contribution in [0, 0.1) is 0 Å². The number of hydrogen-bond donors (Lipinski definition) is 1. The van der Waals surface area contributed by atoms with Gasteiger partial charge in [0.15, 0.2) is 9.84 Å². The predicted octanol–water partition coefficient (Wildman–Crippen LogP) is 3.99. The first-order valence-electron chi connectivity index (χ1n) is 9.35. The molecule has 0 aliphatic heterocycles. The number of rotatable bonds is 8. The highest BCUT2D eigenvalue weighted by Crippen LogP contribution is 2.17. The molecule has 0 aliphatic carbocycles. The summed E-state index contributed by atoms with van der Waals surface area (Å²) in [5, 5.41) is 2.79. The van der Waals surface area contributed by atoms with E-state index >= 15 is 0 Å². The Bertz CT molecular complexity index is 1060. The number of carbonyl (C=O) groups is 1. The Morgan fingerprint density at radius 3 is 2.17 bits per heavy atom. The van der Waals surface area contributed by atoms with Gasteiger partial charge in [-0.2, -0.15) is 0 Å². The molecule has 0 saturated heterocycles. The quantitative estimate of drug-likeness (QED) is 0.611. The lowest BCUT2D eigenvalue weighted by Gasteiger charge is -2.11. The summed E-state index contributed by atoms with van der Waals surface area (Å²) in [7, 11) is -3.47. The second kappa shape index (κ2) is 9.39. The monoisotopic (exact) mass is 409 g/mol. The fraction of sp³-hybridized carbons (Fsp3) is 0.174. The number of ether oxygens (including phenoxy) is 1. The van der Waals surface area contributed by atoms with E-state index in [0.29, 0.717) is 13.2 Å². The third kappa shape index (κ3) is 5.45. The van der Waals surface area contributed by atoms with E-state index in [9.17, 15) is 13.2 Å². The van der Waals surface area contributed by atoms with Gasteiger partial charge in [-0.25, -0.2) is 8.42 Å². The minimum atomic E-state index is -3.47. The van der Waals surface area contributed by atoms with Crippen LogP contribution in [0.4, 0.5) is 0 Å². The minimum absolute atomic E-state index is 0.0518. The van der Waals surface area contributed by atoms with Crippen molar-refractivity contribution in [1.82, 2.24) is 5.32 Å². The number of benzene rings is 3. The van der Waals surface area contributed by atoms with Gasteiger partial charge < -0.3 is 10.1 Å². The predicted molar refractivity (Wildman–Crippen MR) is 113 cm³/mol. The van der Waals surface area contributed by atoms with Gasteiger partial charge in [0, 0.05) is 6.54 Å². The van der Waals surface area contributed by atoms with Gasteiger partial charge in [-0.1, -0.05) is 61.5 Å². The molecule has 0 unspecified atom stereocenters. The molecule has 3 aromatic carbocycles. The summed E-state index contributed by atoms with van der Waals surface area (Å²) in [4.78, 5) is 12.6. The zero-order valence-electron chi connectivity index (χ0n) is 16.2. The van der Waals surface area contributed by atoms with Crippen molar-refractivity contribution >= 4 is 15.7 Å². The van der Waals surface area contributed by atoms with Crippen LogP contribution in [0.25, 0.3) is 0 Å². The molecular formula is C23H23NO4S. The summed E-state index contributed by atoms with van der Waals surface area (Å²) in [6, 6.07) is 23.6. The van der Waals surface area contributed by atoms with E-state index < -0.39 is 15.7 Å². The molecular weight excluding hydrogens is 386 g/mol.